The average Bonchev–Trinajstić information content (AvgIpc) is 2.85. The Morgan fingerprint density at radius 3 is 2.15 bits per heavy atom. The van der Waals surface area contributed by atoms with Crippen LogP contribution in [0.25, 0.3) is 0 Å². The van der Waals surface area contributed by atoms with Gasteiger partial charge in [-0.25, -0.2) is 21.1 Å². The Morgan fingerprint density at radius 1 is 0.853 bits per heavy atom. The van der Waals surface area contributed by atoms with Gasteiger partial charge in [-0.2, -0.15) is 0 Å². The molecule has 1 saturated heterocycles. The van der Waals surface area contributed by atoms with Gasteiger partial charge in [0.1, 0.15) is 6.10 Å². The van der Waals surface area contributed by atoms with E-state index in [1.807, 2.05) is 42.5 Å². The molecule has 1 unspecified atom stereocenters. The predicted octanol–water partition coefficient (Wildman–Crippen LogP) is 3.32. The Kier molecular flexibility index (Phi) is 6.94. The summed E-state index contributed by atoms with van der Waals surface area (Å²) in [5.41, 5.74) is 2.27. The first kappa shape index (κ1) is 24.2. The molecule has 1 heterocycles. The monoisotopic (exact) mass is 501 g/mol. The van der Waals surface area contributed by atoms with Crippen molar-refractivity contribution < 1.29 is 21.6 Å². The minimum atomic E-state index is -3.94. The quantitative estimate of drug-likeness (QED) is 0.534. The fourth-order valence-corrected chi connectivity index (χ4v) is 5.75. The number of hydrogen-bond donors (Lipinski definition) is 1. The molecule has 1 atom stereocenters. The molecule has 1 aliphatic rings. The number of nitrogens with one attached hydrogen (secondary N) is 1. The lowest BCUT2D eigenvalue weighted by atomic mass is 10.1. The number of rotatable bonds is 7. The Bertz CT molecular complexity index is 1340. The number of morpholine rings is 1. The summed E-state index contributed by atoms with van der Waals surface area (Å²) in [4.78, 5) is 2.10. The van der Waals surface area contributed by atoms with Crippen molar-refractivity contribution in [3.05, 3.63) is 84.4 Å². The topological polar surface area (TPSA) is 96.0 Å². The summed E-state index contributed by atoms with van der Waals surface area (Å²) < 4.78 is 60.5. The van der Waals surface area contributed by atoms with Gasteiger partial charge in [-0.15, -0.1) is 0 Å². The van der Waals surface area contributed by atoms with Gasteiger partial charge < -0.3 is 9.64 Å². The maximum absolute atomic E-state index is 13.1. The maximum Gasteiger partial charge on any atom is 0.261 e. The van der Waals surface area contributed by atoms with Crippen molar-refractivity contribution in [1.29, 1.82) is 0 Å². The number of hydrogen-bond acceptors (Lipinski definition) is 6. The highest BCUT2D eigenvalue weighted by molar-refractivity contribution is 7.92. The molecule has 180 valence electrons. The lowest BCUT2D eigenvalue weighted by molar-refractivity contribution is 0.0398. The van der Waals surface area contributed by atoms with E-state index in [1.54, 1.807) is 12.1 Å². The molecule has 1 aliphatic heterocycles. The first-order valence-corrected chi connectivity index (χ1v) is 13.7. The van der Waals surface area contributed by atoms with E-state index in [2.05, 4.69) is 9.62 Å². The molecule has 0 aromatic heterocycles. The van der Waals surface area contributed by atoms with Crippen LogP contribution in [0.15, 0.2) is 88.7 Å². The van der Waals surface area contributed by atoms with Crippen LogP contribution >= 0.6 is 0 Å². The molecule has 34 heavy (non-hydrogen) atoms. The van der Waals surface area contributed by atoms with Crippen molar-refractivity contribution in [2.45, 2.75) is 15.9 Å². The van der Waals surface area contributed by atoms with Gasteiger partial charge in [0, 0.05) is 27.2 Å². The SMILES string of the molecule is CN(C)S(=O)(=O)c1ccc(S(=O)(=O)Nc2ccccc2N2CCOC(c3ccccc3)C2)cc1. The van der Waals surface area contributed by atoms with Gasteiger partial charge >= 0.3 is 0 Å². The number of nitrogens with zero attached hydrogens (tertiary/aromatic N) is 2. The van der Waals surface area contributed by atoms with Crippen LogP contribution in [0.2, 0.25) is 0 Å². The number of sulfonamides is 2. The predicted molar refractivity (Wildman–Crippen MR) is 132 cm³/mol. The normalized spacial score (nSPS) is 17.0. The van der Waals surface area contributed by atoms with E-state index in [0.29, 0.717) is 25.4 Å². The van der Waals surface area contributed by atoms with Crippen molar-refractivity contribution in [2.24, 2.45) is 0 Å². The third-order valence-electron chi connectivity index (χ3n) is 5.64. The van der Waals surface area contributed by atoms with E-state index < -0.39 is 20.0 Å². The molecule has 0 bridgehead atoms. The van der Waals surface area contributed by atoms with Crippen molar-refractivity contribution in [1.82, 2.24) is 4.31 Å². The van der Waals surface area contributed by atoms with Crippen LogP contribution in [0.4, 0.5) is 11.4 Å². The van der Waals surface area contributed by atoms with Gasteiger partial charge in [0.15, 0.2) is 0 Å². The lowest BCUT2D eigenvalue weighted by Gasteiger charge is -2.35. The zero-order chi connectivity index (χ0) is 24.3. The first-order valence-electron chi connectivity index (χ1n) is 10.7. The number of para-hydroxylation sites is 2. The van der Waals surface area contributed by atoms with E-state index in [-0.39, 0.29) is 15.9 Å². The van der Waals surface area contributed by atoms with Crippen molar-refractivity contribution in [3.8, 4) is 0 Å². The van der Waals surface area contributed by atoms with E-state index in [4.69, 9.17) is 4.74 Å². The summed E-state index contributed by atoms with van der Waals surface area (Å²) >= 11 is 0. The molecule has 8 nitrogen and oxygen atoms in total. The fourth-order valence-electron chi connectivity index (χ4n) is 3.78. The van der Waals surface area contributed by atoms with Gasteiger partial charge in [0.2, 0.25) is 10.0 Å². The van der Waals surface area contributed by atoms with Crippen LogP contribution in [-0.4, -0.2) is 54.9 Å². The Morgan fingerprint density at radius 2 is 1.47 bits per heavy atom. The second-order valence-electron chi connectivity index (χ2n) is 8.10. The molecule has 0 spiro atoms. The molecule has 0 amide bonds. The Balaban J connectivity index is 1.57. The highest BCUT2D eigenvalue weighted by Crippen LogP contribution is 2.32. The smallest absolute Gasteiger partial charge is 0.261 e. The third kappa shape index (κ3) is 5.10. The molecular weight excluding hydrogens is 474 g/mol. The van der Waals surface area contributed by atoms with Crippen LogP contribution < -0.4 is 9.62 Å². The highest BCUT2D eigenvalue weighted by Gasteiger charge is 2.25. The standard InChI is InChI=1S/C24H27N3O5S2/c1-26(2)34(30,31)21-14-12-20(13-15-21)33(28,29)25-22-10-6-7-11-23(22)27-16-17-32-24(18-27)19-8-4-3-5-9-19/h3-15,24-25H,16-18H2,1-2H3. The third-order valence-corrected chi connectivity index (χ3v) is 8.85. The summed E-state index contributed by atoms with van der Waals surface area (Å²) in [6, 6.07) is 22.3. The second kappa shape index (κ2) is 9.75. The minimum Gasteiger partial charge on any atom is -0.370 e. The summed E-state index contributed by atoms with van der Waals surface area (Å²) in [6.07, 6.45) is -0.120. The van der Waals surface area contributed by atoms with E-state index in [1.165, 1.54) is 38.4 Å². The van der Waals surface area contributed by atoms with Crippen LogP contribution in [0, 0.1) is 0 Å². The van der Waals surface area contributed by atoms with Gasteiger partial charge in [0.25, 0.3) is 10.0 Å². The molecule has 1 N–H and O–H groups in total. The lowest BCUT2D eigenvalue weighted by Crippen LogP contribution is -2.38. The molecule has 0 saturated carbocycles. The summed E-state index contributed by atoms with van der Waals surface area (Å²) in [6.45, 7) is 1.72. The minimum absolute atomic E-state index is 0.0239. The molecule has 0 radical (unpaired) electrons. The molecule has 0 aliphatic carbocycles. The molecule has 3 aromatic rings. The van der Waals surface area contributed by atoms with Crippen LogP contribution in [-0.2, 0) is 24.8 Å². The van der Waals surface area contributed by atoms with Crippen LogP contribution in [0.5, 0.6) is 0 Å². The second-order valence-corrected chi connectivity index (χ2v) is 11.9. The molecule has 10 heteroatoms. The zero-order valence-electron chi connectivity index (χ0n) is 19.0. The fraction of sp³-hybridized carbons (Fsp3) is 0.250. The maximum atomic E-state index is 13.1. The van der Waals surface area contributed by atoms with E-state index in [0.717, 1.165) is 15.6 Å². The van der Waals surface area contributed by atoms with E-state index >= 15 is 0 Å². The molecule has 4 rings (SSSR count). The van der Waals surface area contributed by atoms with Gasteiger partial charge in [0.05, 0.1) is 27.8 Å². The van der Waals surface area contributed by atoms with Gasteiger partial charge in [-0.3, -0.25) is 4.72 Å². The molecular formula is C24H27N3O5S2. The number of benzene rings is 3. The Labute approximate surface area is 200 Å². The van der Waals surface area contributed by atoms with Crippen molar-refractivity contribution >= 4 is 31.4 Å². The summed E-state index contributed by atoms with van der Waals surface area (Å²) in [5, 5.41) is 0. The number of anilines is 2. The van der Waals surface area contributed by atoms with Gasteiger partial charge in [-0.1, -0.05) is 42.5 Å². The number of ether oxygens (including phenoxy) is 1. The summed E-state index contributed by atoms with van der Waals surface area (Å²) in [5.74, 6) is 0. The van der Waals surface area contributed by atoms with Crippen LogP contribution in [0.1, 0.15) is 11.7 Å². The molecule has 1 fully saturated rings. The van der Waals surface area contributed by atoms with E-state index in [9.17, 15) is 16.8 Å². The zero-order valence-corrected chi connectivity index (χ0v) is 20.6. The summed E-state index contributed by atoms with van der Waals surface area (Å²) in [7, 11) is -4.74. The van der Waals surface area contributed by atoms with Crippen molar-refractivity contribution in [3.63, 3.8) is 0 Å². The average molecular weight is 502 g/mol. The van der Waals surface area contributed by atoms with Crippen LogP contribution in [0.3, 0.4) is 0 Å². The Hall–Kier alpha value is -2.92. The largest absolute Gasteiger partial charge is 0.370 e. The first-order chi connectivity index (χ1) is 16.2. The highest BCUT2D eigenvalue weighted by atomic mass is 32.2. The molecule has 3 aromatic carbocycles. The van der Waals surface area contributed by atoms with Crippen molar-refractivity contribution in [2.75, 3.05) is 43.4 Å². The van der Waals surface area contributed by atoms with Gasteiger partial charge in [-0.05, 0) is 42.0 Å².